The zero-order chi connectivity index (χ0) is 17.3. The van der Waals surface area contributed by atoms with Crippen LogP contribution in [0.3, 0.4) is 0 Å². The molecule has 3 rings (SSSR count). The number of nitrogens with zero attached hydrogens (tertiary/aromatic N) is 5. The van der Waals surface area contributed by atoms with Crippen LogP contribution < -0.4 is 0 Å². The fourth-order valence-corrected chi connectivity index (χ4v) is 3.38. The van der Waals surface area contributed by atoms with Gasteiger partial charge in [0.25, 0.3) is 0 Å². The highest BCUT2D eigenvalue weighted by Crippen LogP contribution is 2.37. The van der Waals surface area contributed by atoms with E-state index in [1.807, 2.05) is 10.7 Å². The van der Waals surface area contributed by atoms with Gasteiger partial charge in [0.15, 0.2) is 5.82 Å². The van der Waals surface area contributed by atoms with Crippen LogP contribution in [0.1, 0.15) is 51.0 Å². The van der Waals surface area contributed by atoms with Crippen molar-refractivity contribution >= 4 is 0 Å². The van der Waals surface area contributed by atoms with Gasteiger partial charge in [-0.05, 0) is 61.7 Å². The number of hydrogen-bond acceptors (Lipinski definition) is 5. The first kappa shape index (κ1) is 17.0. The van der Waals surface area contributed by atoms with E-state index in [1.165, 1.54) is 12.1 Å². The van der Waals surface area contributed by atoms with Gasteiger partial charge >= 0.3 is 0 Å². The van der Waals surface area contributed by atoms with Crippen LogP contribution in [0.2, 0.25) is 0 Å². The third kappa shape index (κ3) is 3.32. The van der Waals surface area contributed by atoms with E-state index in [0.717, 1.165) is 24.2 Å². The monoisotopic (exact) mass is 333 g/mol. The molecule has 1 fully saturated rings. The minimum absolute atomic E-state index is 0.0136. The van der Waals surface area contributed by atoms with Crippen molar-refractivity contribution in [2.45, 2.75) is 57.8 Å². The highest BCUT2D eigenvalue weighted by atomic mass is 19.1. The topological polar surface area (TPSA) is 67.1 Å². The van der Waals surface area contributed by atoms with Crippen LogP contribution in [0.5, 0.6) is 0 Å². The summed E-state index contributed by atoms with van der Waals surface area (Å²) in [6, 6.07) is 6.64. The minimum Gasteiger partial charge on any atom is -0.395 e. The molecule has 7 heteroatoms. The maximum Gasteiger partial charge on any atom is 0.168 e. The second-order valence-electron chi connectivity index (χ2n) is 7.35. The third-order valence-corrected chi connectivity index (χ3v) is 4.53. The Balaban J connectivity index is 1.91. The van der Waals surface area contributed by atoms with Crippen LogP contribution in [0.15, 0.2) is 24.3 Å². The lowest BCUT2D eigenvalue weighted by Gasteiger charge is -2.30. The van der Waals surface area contributed by atoms with E-state index in [0.29, 0.717) is 6.54 Å². The van der Waals surface area contributed by atoms with Crippen LogP contribution in [-0.2, 0) is 12.1 Å². The molecule has 0 radical (unpaired) electrons. The number of aromatic nitrogens is 4. The SMILES string of the molecule is CC(C)(C)n1nnnc1[C@H]1CC[C@@H](CO)N1Cc1cccc(F)c1. The molecular formula is C17H24FN5O. The maximum absolute atomic E-state index is 13.5. The summed E-state index contributed by atoms with van der Waals surface area (Å²) in [5.74, 6) is 0.554. The third-order valence-electron chi connectivity index (χ3n) is 4.53. The number of aliphatic hydroxyl groups is 1. The van der Waals surface area contributed by atoms with Crippen LogP contribution >= 0.6 is 0 Å². The number of rotatable bonds is 4. The molecule has 2 heterocycles. The first-order valence-corrected chi connectivity index (χ1v) is 8.30. The summed E-state index contributed by atoms with van der Waals surface area (Å²) in [7, 11) is 0. The Kier molecular flexibility index (Phi) is 4.64. The second-order valence-corrected chi connectivity index (χ2v) is 7.35. The molecule has 2 atom stereocenters. The summed E-state index contributed by atoms with van der Waals surface area (Å²) < 4.78 is 15.3. The molecule has 0 unspecified atom stereocenters. The van der Waals surface area contributed by atoms with Gasteiger partial charge in [-0.25, -0.2) is 9.07 Å². The zero-order valence-corrected chi connectivity index (χ0v) is 14.4. The number of halogens is 1. The number of hydrogen-bond donors (Lipinski definition) is 1. The van der Waals surface area contributed by atoms with E-state index in [2.05, 4.69) is 41.2 Å². The molecule has 1 N–H and O–H groups in total. The number of tetrazole rings is 1. The van der Waals surface area contributed by atoms with Gasteiger partial charge in [0, 0.05) is 12.6 Å². The van der Waals surface area contributed by atoms with Gasteiger partial charge < -0.3 is 5.11 Å². The van der Waals surface area contributed by atoms with E-state index >= 15 is 0 Å². The Morgan fingerprint density at radius 3 is 2.75 bits per heavy atom. The maximum atomic E-state index is 13.5. The number of benzene rings is 1. The van der Waals surface area contributed by atoms with Crippen LogP contribution in [0.4, 0.5) is 4.39 Å². The van der Waals surface area contributed by atoms with Gasteiger partial charge in [-0.3, -0.25) is 4.90 Å². The molecule has 0 spiro atoms. The predicted molar refractivity (Wildman–Crippen MR) is 87.6 cm³/mol. The molecule has 1 aliphatic rings. The lowest BCUT2D eigenvalue weighted by Crippen LogP contribution is -2.36. The summed E-state index contributed by atoms with van der Waals surface area (Å²) in [5.41, 5.74) is 0.663. The molecule has 0 aliphatic carbocycles. The fourth-order valence-electron chi connectivity index (χ4n) is 3.38. The first-order chi connectivity index (χ1) is 11.4. The Morgan fingerprint density at radius 2 is 2.08 bits per heavy atom. The molecule has 1 aliphatic heterocycles. The highest BCUT2D eigenvalue weighted by Gasteiger charge is 2.38. The van der Waals surface area contributed by atoms with Gasteiger partial charge in [0.2, 0.25) is 0 Å². The van der Waals surface area contributed by atoms with E-state index in [-0.39, 0.29) is 30.0 Å². The highest BCUT2D eigenvalue weighted by molar-refractivity contribution is 5.17. The fraction of sp³-hybridized carbons (Fsp3) is 0.588. The Bertz CT molecular complexity index is 696. The Morgan fingerprint density at radius 1 is 1.29 bits per heavy atom. The molecule has 1 saturated heterocycles. The molecule has 1 aromatic heterocycles. The molecule has 130 valence electrons. The van der Waals surface area contributed by atoms with E-state index in [9.17, 15) is 9.50 Å². The van der Waals surface area contributed by atoms with Crippen molar-refractivity contribution in [3.63, 3.8) is 0 Å². The zero-order valence-electron chi connectivity index (χ0n) is 14.4. The lowest BCUT2D eigenvalue weighted by atomic mass is 10.1. The van der Waals surface area contributed by atoms with Gasteiger partial charge in [0.1, 0.15) is 5.82 Å². The normalized spacial score (nSPS) is 22.2. The van der Waals surface area contributed by atoms with Crippen molar-refractivity contribution in [3.8, 4) is 0 Å². The van der Waals surface area contributed by atoms with Crippen molar-refractivity contribution < 1.29 is 9.50 Å². The predicted octanol–water partition coefficient (Wildman–Crippen LogP) is 2.27. The van der Waals surface area contributed by atoms with Crippen LogP contribution in [0.25, 0.3) is 0 Å². The van der Waals surface area contributed by atoms with Crippen LogP contribution in [-0.4, -0.2) is 42.9 Å². The molecule has 0 saturated carbocycles. The summed E-state index contributed by atoms with van der Waals surface area (Å²) in [6.45, 7) is 6.81. The minimum atomic E-state index is -0.247. The van der Waals surface area contributed by atoms with E-state index < -0.39 is 0 Å². The van der Waals surface area contributed by atoms with Crippen molar-refractivity contribution in [3.05, 3.63) is 41.5 Å². The van der Waals surface area contributed by atoms with Gasteiger partial charge in [-0.2, -0.15) is 0 Å². The Labute approximate surface area is 141 Å². The molecule has 1 aromatic carbocycles. The largest absolute Gasteiger partial charge is 0.395 e. The lowest BCUT2D eigenvalue weighted by molar-refractivity contribution is 0.114. The molecule has 0 amide bonds. The van der Waals surface area contributed by atoms with Gasteiger partial charge in [-0.1, -0.05) is 12.1 Å². The summed E-state index contributed by atoms with van der Waals surface area (Å²) in [4.78, 5) is 2.18. The van der Waals surface area contributed by atoms with Crippen molar-refractivity contribution in [2.75, 3.05) is 6.61 Å². The van der Waals surface area contributed by atoms with E-state index in [4.69, 9.17) is 0 Å². The van der Waals surface area contributed by atoms with Crippen LogP contribution in [0, 0.1) is 5.82 Å². The second kappa shape index (κ2) is 6.57. The smallest absolute Gasteiger partial charge is 0.168 e. The molecule has 6 nitrogen and oxygen atoms in total. The molecule has 0 bridgehead atoms. The molecule has 24 heavy (non-hydrogen) atoms. The van der Waals surface area contributed by atoms with Gasteiger partial charge in [-0.15, -0.1) is 5.10 Å². The standard InChI is InChI=1S/C17H24FN5O/c1-17(2,3)23-16(19-20-21-23)15-8-7-14(11-24)22(15)10-12-5-4-6-13(18)9-12/h4-6,9,14-15,24H,7-8,10-11H2,1-3H3/t14-,15+/m0/s1. The summed E-state index contributed by atoms with van der Waals surface area (Å²) in [6.07, 6.45) is 1.74. The average molecular weight is 333 g/mol. The first-order valence-electron chi connectivity index (χ1n) is 8.30. The average Bonchev–Trinajstić information content (AvgIpc) is 3.12. The number of likely N-dealkylation sites (tertiary alicyclic amines) is 1. The van der Waals surface area contributed by atoms with Crippen molar-refractivity contribution in [2.24, 2.45) is 0 Å². The van der Waals surface area contributed by atoms with Gasteiger partial charge in [0.05, 0.1) is 18.2 Å². The van der Waals surface area contributed by atoms with E-state index in [1.54, 1.807) is 6.07 Å². The van der Waals surface area contributed by atoms with Crippen molar-refractivity contribution in [1.82, 2.24) is 25.1 Å². The molecular weight excluding hydrogens is 309 g/mol. The number of aliphatic hydroxyl groups excluding tert-OH is 1. The summed E-state index contributed by atoms with van der Waals surface area (Å²) in [5, 5.41) is 22.0. The Hall–Kier alpha value is -1.86. The molecule has 2 aromatic rings. The summed E-state index contributed by atoms with van der Waals surface area (Å²) >= 11 is 0. The quantitative estimate of drug-likeness (QED) is 0.930. The van der Waals surface area contributed by atoms with Crippen molar-refractivity contribution in [1.29, 1.82) is 0 Å².